The summed E-state index contributed by atoms with van der Waals surface area (Å²) in [5, 5.41) is 23.2. The molecule has 6 heteroatoms. The summed E-state index contributed by atoms with van der Waals surface area (Å²) in [6.07, 6.45) is 79.5. The second-order valence-electron chi connectivity index (χ2n) is 23.2. The summed E-state index contributed by atoms with van der Waals surface area (Å²) in [5.74, 6) is -0.0627. The fourth-order valence-corrected chi connectivity index (χ4v) is 10.6. The molecule has 0 aromatic rings. The molecule has 0 fully saturated rings. The molecule has 438 valence electrons. The quantitative estimate of drug-likeness (QED) is 0.0320. The largest absolute Gasteiger partial charge is 0.466 e. The average Bonchev–Trinajstić information content (AvgIpc) is 3.40. The summed E-state index contributed by atoms with van der Waals surface area (Å²) >= 11 is 0. The zero-order chi connectivity index (χ0) is 53.6. The van der Waals surface area contributed by atoms with Gasteiger partial charge in [-0.2, -0.15) is 0 Å². The first-order chi connectivity index (χ1) is 36.5. The van der Waals surface area contributed by atoms with E-state index in [9.17, 15) is 19.8 Å². The van der Waals surface area contributed by atoms with E-state index < -0.39 is 12.1 Å². The molecule has 0 spiro atoms. The highest BCUT2D eigenvalue weighted by Gasteiger charge is 2.18. The first-order valence-corrected chi connectivity index (χ1v) is 33.6. The first-order valence-electron chi connectivity index (χ1n) is 33.6. The number of aliphatic hydroxyl groups excluding tert-OH is 2. The Morgan fingerprint density at radius 2 is 0.635 bits per heavy atom. The SMILES string of the molecule is CCCCCCCCCCCCCCCCCCCCCCCC/C=C/C(O)C(CO)NC(=O)CCCCCCCCC/C=C\CCCCCCCCCCCCOC(=O)CCCCCCCCCCCCCC. The standard InChI is InChI=1S/C68H131NO5/c1-3-5-7-9-11-13-15-17-18-19-20-21-22-23-25-28-31-34-37-40-44-48-52-56-60-66(71)65(64-70)69-67(72)61-57-53-49-45-41-38-35-32-29-26-24-27-30-33-36-39-43-47-51-55-59-63-74-68(73)62-58-54-50-46-42-16-14-12-10-8-6-4-2/h26,29,56,60,65-66,70-71H,3-25,27-28,30-55,57-59,61-64H2,1-2H3,(H,69,72)/b29-26-,60-56+. The Bertz CT molecular complexity index is 1150. The van der Waals surface area contributed by atoms with Gasteiger partial charge in [0.1, 0.15) is 0 Å². The number of carbonyl (C=O) groups is 2. The van der Waals surface area contributed by atoms with Crippen LogP contribution in [-0.2, 0) is 14.3 Å². The molecule has 0 aliphatic carbocycles. The van der Waals surface area contributed by atoms with E-state index in [0.29, 0.717) is 19.4 Å². The lowest BCUT2D eigenvalue weighted by Crippen LogP contribution is -2.45. The van der Waals surface area contributed by atoms with E-state index in [4.69, 9.17) is 4.74 Å². The first kappa shape index (κ1) is 72.3. The normalized spacial score (nSPS) is 12.6. The molecule has 2 atom stereocenters. The molecule has 6 nitrogen and oxygen atoms in total. The van der Waals surface area contributed by atoms with Gasteiger partial charge in [-0.15, -0.1) is 0 Å². The summed E-state index contributed by atoms with van der Waals surface area (Å²) in [4.78, 5) is 24.5. The fourth-order valence-electron chi connectivity index (χ4n) is 10.6. The summed E-state index contributed by atoms with van der Waals surface area (Å²) < 4.78 is 5.47. The van der Waals surface area contributed by atoms with E-state index >= 15 is 0 Å². The van der Waals surface area contributed by atoms with Crippen LogP contribution in [0.5, 0.6) is 0 Å². The smallest absolute Gasteiger partial charge is 0.305 e. The van der Waals surface area contributed by atoms with Gasteiger partial charge in [-0.1, -0.05) is 327 Å². The molecule has 0 aromatic heterocycles. The topological polar surface area (TPSA) is 95.9 Å². The van der Waals surface area contributed by atoms with Crippen LogP contribution in [0.4, 0.5) is 0 Å². The van der Waals surface area contributed by atoms with Gasteiger partial charge in [-0.05, 0) is 57.8 Å². The molecular formula is C68H131NO5. The number of esters is 1. The molecule has 1 amide bonds. The molecular weight excluding hydrogens is 911 g/mol. The third-order valence-electron chi connectivity index (χ3n) is 15.7. The predicted molar refractivity (Wildman–Crippen MR) is 324 cm³/mol. The third-order valence-corrected chi connectivity index (χ3v) is 15.7. The number of ether oxygens (including phenoxy) is 1. The van der Waals surface area contributed by atoms with Gasteiger partial charge in [-0.25, -0.2) is 0 Å². The number of unbranched alkanes of at least 4 members (excludes halogenated alkanes) is 50. The maximum Gasteiger partial charge on any atom is 0.305 e. The van der Waals surface area contributed by atoms with Crippen LogP contribution in [0.1, 0.15) is 373 Å². The minimum atomic E-state index is -0.850. The van der Waals surface area contributed by atoms with Gasteiger partial charge in [0.2, 0.25) is 5.91 Å². The van der Waals surface area contributed by atoms with Crippen LogP contribution in [0.25, 0.3) is 0 Å². The number of allylic oxidation sites excluding steroid dienone is 3. The van der Waals surface area contributed by atoms with E-state index in [1.54, 1.807) is 6.08 Å². The zero-order valence-electron chi connectivity index (χ0n) is 50.1. The number of carbonyl (C=O) groups excluding carboxylic acids is 2. The molecule has 0 aromatic carbocycles. The molecule has 2 unspecified atom stereocenters. The number of hydrogen-bond donors (Lipinski definition) is 3. The van der Waals surface area contributed by atoms with Crippen LogP contribution in [0.3, 0.4) is 0 Å². The summed E-state index contributed by atoms with van der Waals surface area (Å²) in [7, 11) is 0. The van der Waals surface area contributed by atoms with Crippen molar-refractivity contribution in [2.24, 2.45) is 0 Å². The molecule has 0 bridgehead atoms. The van der Waals surface area contributed by atoms with E-state index in [0.717, 1.165) is 44.9 Å². The Morgan fingerprint density at radius 1 is 0.365 bits per heavy atom. The van der Waals surface area contributed by atoms with Crippen molar-refractivity contribution in [3.05, 3.63) is 24.3 Å². The zero-order valence-corrected chi connectivity index (χ0v) is 50.1. The lowest BCUT2D eigenvalue weighted by molar-refractivity contribution is -0.143. The van der Waals surface area contributed by atoms with Gasteiger partial charge in [0.15, 0.2) is 0 Å². The maximum atomic E-state index is 12.5. The monoisotopic (exact) mass is 1040 g/mol. The lowest BCUT2D eigenvalue weighted by Gasteiger charge is -2.20. The summed E-state index contributed by atoms with van der Waals surface area (Å²) in [6.45, 7) is 4.93. The van der Waals surface area contributed by atoms with Gasteiger partial charge >= 0.3 is 5.97 Å². The fraction of sp³-hybridized carbons (Fsp3) is 0.912. The molecule has 0 rings (SSSR count). The van der Waals surface area contributed by atoms with Gasteiger partial charge in [0.05, 0.1) is 25.4 Å². The van der Waals surface area contributed by atoms with Crippen LogP contribution in [0, 0.1) is 0 Å². The summed E-state index contributed by atoms with van der Waals surface area (Å²) in [5.41, 5.74) is 0. The maximum absolute atomic E-state index is 12.5. The van der Waals surface area contributed by atoms with Crippen molar-refractivity contribution in [2.75, 3.05) is 13.2 Å². The molecule has 3 N–H and O–H groups in total. The van der Waals surface area contributed by atoms with Crippen LogP contribution in [0.2, 0.25) is 0 Å². The number of hydrogen-bond acceptors (Lipinski definition) is 5. The number of amides is 1. The number of nitrogens with one attached hydrogen (secondary N) is 1. The van der Waals surface area contributed by atoms with Crippen molar-refractivity contribution in [2.45, 2.75) is 386 Å². The Balaban J connectivity index is 3.45. The van der Waals surface area contributed by atoms with Crippen molar-refractivity contribution in [1.82, 2.24) is 5.32 Å². The highest BCUT2D eigenvalue weighted by Crippen LogP contribution is 2.18. The average molecular weight is 1040 g/mol. The van der Waals surface area contributed by atoms with Gasteiger partial charge in [0, 0.05) is 12.8 Å². The van der Waals surface area contributed by atoms with Crippen molar-refractivity contribution in [1.29, 1.82) is 0 Å². The number of rotatable bonds is 63. The van der Waals surface area contributed by atoms with Crippen molar-refractivity contribution < 1.29 is 24.5 Å². The second-order valence-corrected chi connectivity index (χ2v) is 23.2. The Hall–Kier alpha value is -1.66. The molecule has 0 aliphatic heterocycles. The second kappa shape index (κ2) is 63.9. The highest BCUT2D eigenvalue weighted by atomic mass is 16.5. The molecule has 0 radical (unpaired) electrons. The molecule has 0 aliphatic rings. The molecule has 0 heterocycles. The number of aliphatic hydroxyl groups is 2. The molecule has 0 saturated heterocycles. The highest BCUT2D eigenvalue weighted by molar-refractivity contribution is 5.76. The Kier molecular flexibility index (Phi) is 62.4. The van der Waals surface area contributed by atoms with Gasteiger partial charge in [-0.3, -0.25) is 9.59 Å². The minimum Gasteiger partial charge on any atom is -0.466 e. The Labute approximate surface area is 462 Å². The minimum absolute atomic E-state index is 0.00897. The third kappa shape index (κ3) is 59.6. The van der Waals surface area contributed by atoms with E-state index in [2.05, 4.69) is 31.3 Å². The van der Waals surface area contributed by atoms with Crippen molar-refractivity contribution >= 4 is 11.9 Å². The summed E-state index contributed by atoms with van der Waals surface area (Å²) in [6, 6.07) is -0.635. The van der Waals surface area contributed by atoms with E-state index in [-0.39, 0.29) is 18.5 Å². The van der Waals surface area contributed by atoms with Crippen LogP contribution in [-0.4, -0.2) is 47.4 Å². The lowest BCUT2D eigenvalue weighted by atomic mass is 10.0. The van der Waals surface area contributed by atoms with Crippen molar-refractivity contribution in [3.63, 3.8) is 0 Å². The van der Waals surface area contributed by atoms with Crippen LogP contribution >= 0.6 is 0 Å². The van der Waals surface area contributed by atoms with Crippen molar-refractivity contribution in [3.8, 4) is 0 Å². The molecule has 0 saturated carbocycles. The molecule has 74 heavy (non-hydrogen) atoms. The van der Waals surface area contributed by atoms with Crippen LogP contribution in [0.15, 0.2) is 24.3 Å². The van der Waals surface area contributed by atoms with E-state index in [1.807, 2.05) is 6.08 Å². The van der Waals surface area contributed by atoms with Crippen LogP contribution < -0.4 is 5.32 Å². The van der Waals surface area contributed by atoms with E-state index in [1.165, 1.54) is 302 Å². The Morgan fingerprint density at radius 3 is 0.959 bits per heavy atom. The van der Waals surface area contributed by atoms with Gasteiger partial charge < -0.3 is 20.3 Å². The predicted octanol–water partition coefficient (Wildman–Crippen LogP) is 21.4. The van der Waals surface area contributed by atoms with Gasteiger partial charge in [0.25, 0.3) is 0 Å².